The van der Waals surface area contributed by atoms with E-state index < -0.39 is 40.9 Å². The van der Waals surface area contributed by atoms with Gasteiger partial charge in [-0.3, -0.25) is 19.8 Å². The summed E-state index contributed by atoms with van der Waals surface area (Å²) in [7, 11) is 0. The van der Waals surface area contributed by atoms with E-state index >= 15 is 0 Å². The fourth-order valence-corrected chi connectivity index (χ4v) is 7.29. The first-order chi connectivity index (χ1) is 17.2. The number of primary amides is 1. The maximum absolute atomic E-state index is 12.8. The Morgan fingerprint density at radius 1 is 1.28 bits per heavy atom. The third-order valence-corrected chi connectivity index (χ3v) is 8.96. The number of hydrogen-bond acceptors (Lipinski definition) is 13. The number of nitrogens with one attached hydrogen (secondary N) is 2. The number of nitrogen functional groups attached to an aromatic ring is 1. The van der Waals surface area contributed by atoms with Crippen molar-refractivity contribution in [1.82, 2.24) is 20.2 Å². The molecule has 2 atom stereocenters. The number of nitrogens with zero attached hydrogens (tertiary/aromatic N) is 4. The van der Waals surface area contributed by atoms with Crippen LogP contribution < -0.4 is 22.1 Å². The Labute approximate surface area is 219 Å². The highest BCUT2D eigenvalue weighted by molar-refractivity contribution is 8.06. The molecular weight excluding hydrogens is 553 g/mol. The Morgan fingerprint density at radius 2 is 2.06 bits per heavy atom. The summed E-state index contributed by atoms with van der Waals surface area (Å²) in [5.74, 6) is -1.86. The summed E-state index contributed by atoms with van der Waals surface area (Å²) in [4.78, 5) is 58.2. The summed E-state index contributed by atoms with van der Waals surface area (Å²) < 4.78 is 0. The number of amides is 4. The van der Waals surface area contributed by atoms with E-state index in [1.54, 1.807) is 5.38 Å². The fraction of sp³-hybridized carbons (Fsp3) is 0.278. The van der Waals surface area contributed by atoms with E-state index in [0.717, 1.165) is 16.2 Å². The second-order valence-electron chi connectivity index (χ2n) is 7.19. The standard InChI is InChI=1S/C18H18N8O6S4/c19-16(31)24-18-21-6(3-36-18)1-2-33-8-5-34-14-10(13(28)26(14)11(8)15(29)30)23-12(27)9(25-32)7-4-35-17(20)22-7/h3-4,10,14,32H,1-2,5H2,(H2,20,22)(H,23,27)(H,29,30)(H3,19,21,24,31)/b25-9-/t10-,14-/m1/s1. The van der Waals surface area contributed by atoms with E-state index in [4.69, 9.17) is 11.5 Å². The number of carboxylic acids is 1. The molecule has 0 aromatic carbocycles. The number of fused-ring (bicyclic) bond motifs is 1. The van der Waals surface area contributed by atoms with Gasteiger partial charge in [0.2, 0.25) is 0 Å². The molecule has 8 N–H and O–H groups in total. The fourth-order valence-electron chi connectivity index (χ4n) is 3.38. The summed E-state index contributed by atoms with van der Waals surface area (Å²) in [5.41, 5.74) is 10.9. The lowest BCUT2D eigenvalue weighted by atomic mass is 10.0. The molecule has 4 amide bonds. The van der Waals surface area contributed by atoms with Crippen LogP contribution in [-0.4, -0.2) is 77.6 Å². The molecule has 0 radical (unpaired) electrons. The maximum Gasteiger partial charge on any atom is 0.353 e. The number of carbonyl (C=O) groups is 4. The van der Waals surface area contributed by atoms with Crippen LogP contribution >= 0.6 is 46.2 Å². The number of nitrogens with two attached hydrogens (primary N) is 2. The van der Waals surface area contributed by atoms with Crippen LogP contribution in [0.15, 0.2) is 26.5 Å². The molecule has 14 nitrogen and oxygen atoms in total. The van der Waals surface area contributed by atoms with E-state index in [1.807, 2.05) is 0 Å². The molecule has 2 aromatic rings. The minimum atomic E-state index is -1.25. The van der Waals surface area contributed by atoms with Gasteiger partial charge < -0.3 is 27.1 Å². The van der Waals surface area contributed by atoms with Crippen molar-refractivity contribution in [1.29, 1.82) is 0 Å². The van der Waals surface area contributed by atoms with Crippen LogP contribution in [0.25, 0.3) is 0 Å². The highest BCUT2D eigenvalue weighted by atomic mass is 32.2. The molecule has 18 heteroatoms. The van der Waals surface area contributed by atoms with Crippen LogP contribution in [0.3, 0.4) is 0 Å². The normalized spacial score (nSPS) is 19.5. The van der Waals surface area contributed by atoms with Crippen LogP contribution in [0.5, 0.6) is 0 Å². The first kappa shape index (κ1) is 25.7. The van der Waals surface area contributed by atoms with E-state index in [-0.39, 0.29) is 16.5 Å². The Morgan fingerprint density at radius 3 is 2.69 bits per heavy atom. The number of thiazole rings is 2. The van der Waals surface area contributed by atoms with Gasteiger partial charge in [-0.1, -0.05) is 5.16 Å². The number of carboxylic acid groups (broad SMARTS) is 1. The molecule has 0 spiro atoms. The number of aryl methyl sites for hydroxylation is 1. The Hall–Kier alpha value is -3.35. The van der Waals surface area contributed by atoms with E-state index in [2.05, 4.69) is 25.8 Å². The van der Waals surface area contributed by atoms with Gasteiger partial charge in [0, 0.05) is 27.2 Å². The van der Waals surface area contributed by atoms with E-state index in [9.17, 15) is 29.5 Å². The first-order valence-corrected chi connectivity index (χ1v) is 13.8. The van der Waals surface area contributed by atoms with Gasteiger partial charge in [-0.15, -0.1) is 46.2 Å². The highest BCUT2D eigenvalue weighted by Gasteiger charge is 2.54. The van der Waals surface area contributed by atoms with Crippen LogP contribution in [-0.2, 0) is 20.8 Å². The molecule has 2 aliphatic heterocycles. The van der Waals surface area contributed by atoms with Gasteiger partial charge in [-0.05, 0) is 6.42 Å². The molecular formula is C18H18N8O6S4. The van der Waals surface area contributed by atoms with Gasteiger partial charge in [-0.2, -0.15) is 0 Å². The summed E-state index contributed by atoms with van der Waals surface area (Å²) in [5, 5.41) is 30.0. The number of anilines is 2. The molecule has 0 saturated carbocycles. The molecule has 190 valence electrons. The number of aromatic nitrogens is 2. The third kappa shape index (κ3) is 5.25. The number of oxime groups is 1. The van der Waals surface area contributed by atoms with Crippen molar-refractivity contribution in [3.05, 3.63) is 32.8 Å². The SMILES string of the molecule is NC(=O)Nc1nc(CCSC2=C(C(=O)O)N3C(=O)[C@@H](NC(=O)/C(=N\O)c4csc(N)n4)[C@H]3SC2)cs1. The van der Waals surface area contributed by atoms with Crippen molar-refractivity contribution in [2.45, 2.75) is 17.8 Å². The summed E-state index contributed by atoms with van der Waals surface area (Å²) >= 11 is 4.88. The van der Waals surface area contributed by atoms with E-state index in [1.165, 1.54) is 40.2 Å². The number of carbonyl (C=O) groups excluding carboxylic acids is 3. The Kier molecular flexibility index (Phi) is 7.67. The number of rotatable bonds is 9. The highest BCUT2D eigenvalue weighted by Crippen LogP contribution is 2.43. The lowest BCUT2D eigenvalue weighted by molar-refractivity contribution is -0.150. The average molecular weight is 571 g/mol. The van der Waals surface area contributed by atoms with Gasteiger partial charge in [0.15, 0.2) is 16.0 Å². The summed E-state index contributed by atoms with van der Waals surface area (Å²) in [6.45, 7) is 0. The van der Waals surface area contributed by atoms with Crippen molar-refractivity contribution in [3.63, 3.8) is 0 Å². The smallest absolute Gasteiger partial charge is 0.353 e. The van der Waals surface area contributed by atoms with Crippen molar-refractivity contribution in [3.8, 4) is 0 Å². The van der Waals surface area contributed by atoms with E-state index in [0.29, 0.717) is 33.7 Å². The van der Waals surface area contributed by atoms with Crippen molar-refractivity contribution in [2.24, 2.45) is 10.9 Å². The van der Waals surface area contributed by atoms with Crippen molar-refractivity contribution < 1.29 is 29.5 Å². The predicted octanol–water partition coefficient (Wildman–Crippen LogP) is 0.523. The van der Waals surface area contributed by atoms with Crippen LogP contribution in [0, 0.1) is 0 Å². The number of hydrogen-bond donors (Lipinski definition) is 6. The van der Waals surface area contributed by atoms with Crippen LogP contribution in [0.1, 0.15) is 11.4 Å². The molecule has 4 rings (SSSR count). The van der Waals surface area contributed by atoms with Crippen LogP contribution in [0.2, 0.25) is 0 Å². The molecule has 36 heavy (non-hydrogen) atoms. The number of thioether (sulfide) groups is 2. The molecule has 1 fully saturated rings. The topological polar surface area (TPSA) is 226 Å². The van der Waals surface area contributed by atoms with Gasteiger partial charge in [0.25, 0.3) is 11.8 Å². The average Bonchev–Trinajstić information content (AvgIpc) is 3.45. The lowest BCUT2D eigenvalue weighted by Crippen LogP contribution is -2.71. The number of β-lactam (4-membered cyclic amide) rings is 1. The van der Waals surface area contributed by atoms with Crippen molar-refractivity contribution in [2.75, 3.05) is 22.6 Å². The molecule has 0 unspecified atom stereocenters. The zero-order valence-corrected chi connectivity index (χ0v) is 21.3. The van der Waals surface area contributed by atoms with Gasteiger partial charge in [0.05, 0.1) is 5.69 Å². The van der Waals surface area contributed by atoms with Crippen LogP contribution in [0.4, 0.5) is 15.1 Å². The second kappa shape index (κ2) is 10.7. The Bertz CT molecular complexity index is 1290. The maximum atomic E-state index is 12.8. The second-order valence-corrected chi connectivity index (χ2v) is 11.2. The molecule has 0 bridgehead atoms. The summed E-state index contributed by atoms with van der Waals surface area (Å²) in [6, 6.07) is -1.71. The third-order valence-electron chi connectivity index (χ3n) is 4.92. The minimum Gasteiger partial charge on any atom is -0.477 e. The predicted molar refractivity (Wildman–Crippen MR) is 136 cm³/mol. The lowest BCUT2D eigenvalue weighted by Gasteiger charge is -2.49. The molecule has 4 heterocycles. The molecule has 2 aromatic heterocycles. The zero-order chi connectivity index (χ0) is 26.0. The monoisotopic (exact) mass is 570 g/mol. The summed E-state index contributed by atoms with van der Waals surface area (Å²) in [6.07, 6.45) is 0.503. The molecule has 0 aliphatic carbocycles. The molecule has 2 aliphatic rings. The zero-order valence-electron chi connectivity index (χ0n) is 18.0. The van der Waals surface area contributed by atoms with Gasteiger partial charge in [0.1, 0.15) is 22.8 Å². The quantitative estimate of drug-likeness (QED) is 0.105. The number of urea groups is 1. The largest absolute Gasteiger partial charge is 0.477 e. The van der Waals surface area contributed by atoms with Gasteiger partial charge in [-0.25, -0.2) is 19.6 Å². The van der Waals surface area contributed by atoms with Gasteiger partial charge >= 0.3 is 12.0 Å². The Balaban J connectivity index is 1.40. The number of aliphatic carboxylic acids is 1. The minimum absolute atomic E-state index is 0.0554. The molecule has 1 saturated heterocycles. The van der Waals surface area contributed by atoms with Crippen molar-refractivity contribution >= 4 is 86.0 Å². The first-order valence-electron chi connectivity index (χ1n) is 9.98.